The SMILES string of the molecule is CN(C)CCCOc1ccc2c(NCCC3CN=C(NC(=O)Nc4ccccc4)S3)c(C#N)cnc2c1. The van der Waals surface area contributed by atoms with Gasteiger partial charge in [-0.2, -0.15) is 5.26 Å². The van der Waals surface area contributed by atoms with Gasteiger partial charge in [0.05, 0.1) is 29.9 Å². The molecule has 10 heteroatoms. The highest BCUT2D eigenvalue weighted by Crippen LogP contribution is 2.29. The summed E-state index contributed by atoms with van der Waals surface area (Å²) in [5, 5.41) is 20.4. The van der Waals surface area contributed by atoms with Gasteiger partial charge in [0.15, 0.2) is 5.17 Å². The second kappa shape index (κ2) is 12.9. The minimum absolute atomic E-state index is 0.236. The molecule has 0 saturated heterocycles. The number of pyridine rings is 1. The molecule has 0 radical (unpaired) electrons. The molecule has 1 atom stereocenters. The van der Waals surface area contributed by atoms with E-state index in [-0.39, 0.29) is 11.3 Å². The number of hydrogen-bond acceptors (Lipinski definition) is 8. The van der Waals surface area contributed by atoms with Crippen LogP contribution in [0, 0.1) is 11.3 Å². The summed E-state index contributed by atoms with van der Waals surface area (Å²) in [5.74, 6) is 0.769. The van der Waals surface area contributed by atoms with Crippen LogP contribution in [0.5, 0.6) is 5.75 Å². The van der Waals surface area contributed by atoms with Crippen molar-refractivity contribution in [3.63, 3.8) is 0 Å². The number of carbonyl (C=O) groups excluding carboxylic acids is 1. The summed E-state index contributed by atoms with van der Waals surface area (Å²) in [4.78, 5) is 23.3. The van der Waals surface area contributed by atoms with Crippen molar-refractivity contribution in [3.8, 4) is 11.8 Å². The van der Waals surface area contributed by atoms with E-state index in [2.05, 4.69) is 36.9 Å². The van der Waals surface area contributed by atoms with Crippen LogP contribution in [-0.4, -0.2) is 66.7 Å². The fraction of sp³-hybridized carbons (Fsp3) is 0.333. The molecule has 0 saturated carbocycles. The first-order chi connectivity index (χ1) is 18.0. The molecule has 1 aliphatic rings. The van der Waals surface area contributed by atoms with E-state index in [9.17, 15) is 10.1 Å². The summed E-state index contributed by atoms with van der Waals surface area (Å²) in [6.07, 6.45) is 3.36. The van der Waals surface area contributed by atoms with Gasteiger partial charge in [0, 0.05) is 41.7 Å². The Labute approximate surface area is 221 Å². The molecular formula is C27H31N7O2S. The second-order valence-corrected chi connectivity index (χ2v) is 10.2. The molecule has 3 N–H and O–H groups in total. The predicted octanol–water partition coefficient (Wildman–Crippen LogP) is 4.53. The van der Waals surface area contributed by atoms with Gasteiger partial charge in [-0.1, -0.05) is 30.0 Å². The van der Waals surface area contributed by atoms with Crippen molar-refractivity contribution in [3.05, 3.63) is 60.3 Å². The van der Waals surface area contributed by atoms with Gasteiger partial charge in [0.1, 0.15) is 11.8 Å². The van der Waals surface area contributed by atoms with Crippen molar-refractivity contribution in [1.29, 1.82) is 5.26 Å². The highest BCUT2D eigenvalue weighted by molar-refractivity contribution is 8.14. The number of anilines is 2. The lowest BCUT2D eigenvalue weighted by Gasteiger charge is -2.14. The molecule has 1 aromatic heterocycles. The highest BCUT2D eigenvalue weighted by atomic mass is 32.2. The quantitative estimate of drug-likeness (QED) is 0.339. The number of thioether (sulfide) groups is 1. The van der Waals surface area contributed by atoms with Crippen LogP contribution in [0.15, 0.2) is 59.7 Å². The lowest BCUT2D eigenvalue weighted by atomic mass is 10.1. The average Bonchev–Trinajstić information content (AvgIpc) is 3.33. The third-order valence-electron chi connectivity index (χ3n) is 5.72. The molecule has 1 unspecified atom stereocenters. The number of aliphatic imine (C=N–C) groups is 1. The lowest BCUT2D eigenvalue weighted by molar-refractivity contribution is 0.256. The summed E-state index contributed by atoms with van der Waals surface area (Å²) >= 11 is 1.55. The van der Waals surface area contributed by atoms with Crippen LogP contribution in [0.3, 0.4) is 0 Å². The fourth-order valence-electron chi connectivity index (χ4n) is 3.88. The number of nitrogens with zero attached hydrogens (tertiary/aromatic N) is 4. The summed E-state index contributed by atoms with van der Waals surface area (Å²) < 4.78 is 5.88. The molecule has 2 amide bonds. The van der Waals surface area contributed by atoms with E-state index in [1.54, 1.807) is 18.0 Å². The molecule has 0 aliphatic carbocycles. The Bertz CT molecular complexity index is 1290. The maximum Gasteiger partial charge on any atom is 0.325 e. The monoisotopic (exact) mass is 517 g/mol. The molecule has 37 heavy (non-hydrogen) atoms. The van der Waals surface area contributed by atoms with Crippen LogP contribution in [0.25, 0.3) is 10.9 Å². The third-order valence-corrected chi connectivity index (χ3v) is 6.89. The van der Waals surface area contributed by atoms with Gasteiger partial charge >= 0.3 is 6.03 Å². The maximum absolute atomic E-state index is 12.2. The Morgan fingerprint density at radius 1 is 1.22 bits per heavy atom. The van der Waals surface area contributed by atoms with E-state index in [1.807, 2.05) is 62.6 Å². The Kier molecular flexibility index (Phi) is 9.18. The summed E-state index contributed by atoms with van der Waals surface area (Å²) in [6, 6.07) is 17.0. The highest BCUT2D eigenvalue weighted by Gasteiger charge is 2.21. The van der Waals surface area contributed by atoms with Crippen LogP contribution >= 0.6 is 11.8 Å². The Hall–Kier alpha value is -3.81. The van der Waals surface area contributed by atoms with E-state index in [1.165, 1.54) is 0 Å². The van der Waals surface area contributed by atoms with Crippen LogP contribution in [0.4, 0.5) is 16.2 Å². The number of urea groups is 1. The number of amidine groups is 1. The number of benzene rings is 2. The first-order valence-corrected chi connectivity index (χ1v) is 13.1. The minimum atomic E-state index is -0.306. The molecule has 192 valence electrons. The molecular weight excluding hydrogens is 486 g/mol. The van der Waals surface area contributed by atoms with Crippen LogP contribution in [0.1, 0.15) is 18.4 Å². The number of fused-ring (bicyclic) bond motifs is 1. The normalized spacial score (nSPS) is 14.8. The molecule has 2 heterocycles. The Morgan fingerprint density at radius 3 is 2.84 bits per heavy atom. The number of nitrogens with one attached hydrogen (secondary N) is 3. The number of hydrogen-bond donors (Lipinski definition) is 3. The van der Waals surface area contributed by atoms with E-state index in [4.69, 9.17) is 4.74 Å². The van der Waals surface area contributed by atoms with Crippen molar-refractivity contribution >= 4 is 45.2 Å². The first-order valence-electron chi connectivity index (χ1n) is 12.2. The molecule has 0 bridgehead atoms. The smallest absolute Gasteiger partial charge is 0.325 e. The van der Waals surface area contributed by atoms with Crippen molar-refractivity contribution in [2.24, 2.45) is 4.99 Å². The largest absolute Gasteiger partial charge is 0.493 e. The zero-order valence-corrected chi connectivity index (χ0v) is 21.8. The van der Waals surface area contributed by atoms with E-state index >= 15 is 0 Å². The van der Waals surface area contributed by atoms with Crippen LogP contribution in [-0.2, 0) is 0 Å². The number of carbonyl (C=O) groups is 1. The van der Waals surface area contributed by atoms with Crippen molar-refractivity contribution in [1.82, 2.24) is 15.2 Å². The Balaban J connectivity index is 1.28. The van der Waals surface area contributed by atoms with Gasteiger partial charge < -0.3 is 20.3 Å². The number of rotatable bonds is 10. The molecule has 2 aromatic carbocycles. The zero-order valence-electron chi connectivity index (χ0n) is 21.0. The molecule has 9 nitrogen and oxygen atoms in total. The molecule has 1 aliphatic heterocycles. The zero-order chi connectivity index (χ0) is 26.0. The van der Waals surface area contributed by atoms with Crippen molar-refractivity contribution in [2.45, 2.75) is 18.1 Å². The van der Waals surface area contributed by atoms with Crippen LogP contribution in [0.2, 0.25) is 0 Å². The van der Waals surface area contributed by atoms with Gasteiger partial charge in [-0.15, -0.1) is 0 Å². The molecule has 0 spiro atoms. The number of ether oxygens (including phenoxy) is 1. The summed E-state index contributed by atoms with van der Waals surface area (Å²) in [6.45, 7) is 2.89. The number of para-hydroxylation sites is 1. The maximum atomic E-state index is 12.2. The topological polar surface area (TPSA) is 115 Å². The van der Waals surface area contributed by atoms with Gasteiger partial charge in [-0.25, -0.2) is 4.79 Å². The van der Waals surface area contributed by atoms with Gasteiger partial charge in [-0.05, 0) is 51.2 Å². The lowest BCUT2D eigenvalue weighted by Crippen LogP contribution is -2.32. The first kappa shape index (κ1) is 26.3. The van der Waals surface area contributed by atoms with Gasteiger partial charge in [0.25, 0.3) is 0 Å². The number of amides is 2. The minimum Gasteiger partial charge on any atom is -0.493 e. The van der Waals surface area contributed by atoms with Gasteiger partial charge in [-0.3, -0.25) is 15.3 Å². The predicted molar refractivity (Wildman–Crippen MR) is 151 cm³/mol. The fourth-order valence-corrected chi connectivity index (χ4v) is 4.89. The molecule has 0 fully saturated rings. The average molecular weight is 518 g/mol. The third kappa shape index (κ3) is 7.59. The van der Waals surface area contributed by atoms with Crippen molar-refractivity contribution < 1.29 is 9.53 Å². The number of nitriles is 1. The van der Waals surface area contributed by atoms with Gasteiger partial charge in [0.2, 0.25) is 0 Å². The number of aromatic nitrogens is 1. The summed E-state index contributed by atoms with van der Waals surface area (Å²) in [5.41, 5.74) is 2.78. The molecule has 3 aromatic rings. The van der Waals surface area contributed by atoms with Crippen molar-refractivity contribution in [2.75, 3.05) is 51.0 Å². The van der Waals surface area contributed by atoms with E-state index in [0.29, 0.717) is 30.4 Å². The Morgan fingerprint density at radius 2 is 2.05 bits per heavy atom. The van der Waals surface area contributed by atoms with Crippen LogP contribution < -0.4 is 20.7 Å². The second-order valence-electron chi connectivity index (χ2n) is 8.89. The molecule has 4 rings (SSSR count). The van der Waals surface area contributed by atoms with E-state index < -0.39 is 0 Å². The standard InChI is InChI=1S/C27H31N7O2S/c1-34(2)13-6-14-36-21-9-10-23-24(15-21)30-17-19(16-28)25(23)29-12-11-22-18-31-27(37-22)33-26(35)32-20-7-4-3-5-8-20/h3-5,7-10,15,17,22H,6,11-14,18H2,1-2H3,(H,29,30)(H2,31,32,33,35). The summed E-state index contributed by atoms with van der Waals surface area (Å²) in [7, 11) is 4.09. The van der Waals surface area contributed by atoms with E-state index in [0.717, 1.165) is 47.4 Å².